The number of para-hydroxylation sites is 1. The molecule has 9 heteroatoms. The number of hydrogen-bond donors (Lipinski definition) is 3. The molecule has 0 fully saturated rings. The van der Waals surface area contributed by atoms with E-state index in [0.29, 0.717) is 33.7 Å². The van der Waals surface area contributed by atoms with Gasteiger partial charge in [0.25, 0.3) is 5.91 Å². The van der Waals surface area contributed by atoms with Crippen molar-refractivity contribution in [2.75, 3.05) is 17.4 Å². The second kappa shape index (κ2) is 15.4. The van der Waals surface area contributed by atoms with E-state index in [1.807, 2.05) is 24.3 Å². The molecule has 0 heterocycles. The van der Waals surface area contributed by atoms with Crippen LogP contribution in [0.2, 0.25) is 15.1 Å². The zero-order chi connectivity index (χ0) is 30.0. The number of aromatic hydroxyl groups is 1. The first-order valence-electron chi connectivity index (χ1n) is 14.0. The molecule has 0 aliphatic carbocycles. The van der Waals surface area contributed by atoms with Crippen LogP contribution in [0.3, 0.4) is 0 Å². The lowest BCUT2D eigenvalue weighted by Gasteiger charge is -2.25. The zero-order valence-corrected chi connectivity index (χ0v) is 26.3. The summed E-state index contributed by atoms with van der Waals surface area (Å²) in [4.78, 5) is 13.4. The fraction of sp³-hybridized carbons (Fsp3) is 0.406. The third kappa shape index (κ3) is 9.35. The van der Waals surface area contributed by atoms with Gasteiger partial charge in [-0.05, 0) is 60.6 Å². The maximum atomic E-state index is 13.4. The number of benzene rings is 3. The Morgan fingerprint density at radius 3 is 2.34 bits per heavy atom. The minimum Gasteiger partial charge on any atom is -0.506 e. The van der Waals surface area contributed by atoms with Crippen molar-refractivity contribution in [1.29, 1.82) is 0 Å². The number of carbonyl (C=O) groups is 1. The van der Waals surface area contributed by atoms with Gasteiger partial charge in [-0.15, -0.1) is 0 Å². The minimum atomic E-state index is -0.797. The smallest absolute Gasteiger partial charge is 0.265 e. The van der Waals surface area contributed by atoms with Crippen molar-refractivity contribution < 1.29 is 19.4 Å². The van der Waals surface area contributed by atoms with Gasteiger partial charge in [0.15, 0.2) is 12.8 Å². The number of phenols is 1. The van der Waals surface area contributed by atoms with E-state index in [1.165, 1.54) is 12.1 Å². The Kier molecular flexibility index (Phi) is 12.3. The topological polar surface area (TPSA) is 79.8 Å². The zero-order valence-electron chi connectivity index (χ0n) is 24.0. The maximum absolute atomic E-state index is 13.4. The maximum Gasteiger partial charge on any atom is 0.265 e. The number of ether oxygens (including phenoxy) is 2. The van der Waals surface area contributed by atoms with E-state index >= 15 is 0 Å². The normalized spacial score (nSPS) is 12.1. The number of amides is 1. The van der Waals surface area contributed by atoms with Gasteiger partial charge in [0.2, 0.25) is 0 Å². The van der Waals surface area contributed by atoms with E-state index in [4.69, 9.17) is 44.3 Å². The van der Waals surface area contributed by atoms with Crippen molar-refractivity contribution in [2.24, 2.45) is 0 Å². The molecular formula is C32H39Cl3N2O4. The Hall–Kier alpha value is -2.80. The molecule has 0 radical (unpaired) electrons. The first kappa shape index (κ1) is 32.7. The van der Waals surface area contributed by atoms with Crippen LogP contribution in [-0.2, 0) is 10.2 Å². The predicted molar refractivity (Wildman–Crippen MR) is 170 cm³/mol. The molecular weight excluding hydrogens is 583 g/mol. The highest BCUT2D eigenvalue weighted by molar-refractivity contribution is 6.34. The van der Waals surface area contributed by atoms with E-state index < -0.39 is 6.10 Å². The van der Waals surface area contributed by atoms with E-state index in [2.05, 4.69) is 38.3 Å². The number of halogens is 3. The van der Waals surface area contributed by atoms with Gasteiger partial charge < -0.3 is 25.2 Å². The van der Waals surface area contributed by atoms with Crippen LogP contribution < -0.4 is 20.1 Å². The Bertz CT molecular complexity index is 1320. The summed E-state index contributed by atoms with van der Waals surface area (Å²) < 4.78 is 11.8. The molecule has 3 rings (SSSR count). The lowest BCUT2D eigenvalue weighted by molar-refractivity contribution is -0.123. The van der Waals surface area contributed by atoms with Crippen LogP contribution in [0.5, 0.6) is 17.2 Å². The monoisotopic (exact) mass is 620 g/mol. The largest absolute Gasteiger partial charge is 0.506 e. The molecule has 3 aromatic carbocycles. The summed E-state index contributed by atoms with van der Waals surface area (Å²) in [5.41, 5.74) is 1.68. The van der Waals surface area contributed by atoms with Gasteiger partial charge in [0.05, 0.1) is 26.4 Å². The molecule has 0 saturated carbocycles. The summed E-state index contributed by atoms with van der Waals surface area (Å²) >= 11 is 19.2. The number of phenolic OH excluding ortho intramolecular Hbond substituents is 1. The van der Waals surface area contributed by atoms with E-state index in [0.717, 1.165) is 37.7 Å². The van der Waals surface area contributed by atoms with Crippen LogP contribution in [0, 0.1) is 0 Å². The van der Waals surface area contributed by atoms with Gasteiger partial charge in [0.1, 0.15) is 17.2 Å². The van der Waals surface area contributed by atoms with E-state index in [9.17, 15) is 9.90 Å². The second-order valence-electron chi connectivity index (χ2n) is 10.6. The number of hydrogen-bond acceptors (Lipinski definition) is 5. The number of rotatable bonds is 15. The number of anilines is 2. The SMILES string of the molecule is CCCCCCC(Oc1ccc(C(C)(C)CC)cc1Cl)C(=O)Nc1cc(O)c(NCOc2ccccc2Cl)cc1Cl. The average Bonchev–Trinajstić information content (AvgIpc) is 2.94. The summed E-state index contributed by atoms with van der Waals surface area (Å²) in [6.07, 6.45) is 4.63. The molecule has 0 aliphatic heterocycles. The molecule has 0 aromatic heterocycles. The summed E-state index contributed by atoms with van der Waals surface area (Å²) in [5, 5.41) is 17.6. The fourth-order valence-corrected chi connectivity index (χ4v) is 4.77. The minimum absolute atomic E-state index is 0.0282. The van der Waals surface area contributed by atoms with Gasteiger partial charge in [-0.25, -0.2) is 0 Å². The number of unbranched alkanes of at least 4 members (excludes halogenated alkanes) is 3. The highest BCUT2D eigenvalue weighted by atomic mass is 35.5. The lowest BCUT2D eigenvalue weighted by atomic mass is 9.82. The van der Waals surface area contributed by atoms with Crippen LogP contribution in [0.1, 0.15) is 71.8 Å². The van der Waals surface area contributed by atoms with Crippen molar-refractivity contribution in [3.8, 4) is 17.2 Å². The van der Waals surface area contributed by atoms with Crippen LogP contribution in [0.15, 0.2) is 54.6 Å². The fourth-order valence-electron chi connectivity index (χ4n) is 4.14. The summed E-state index contributed by atoms with van der Waals surface area (Å²) in [6, 6.07) is 15.7. The molecule has 1 amide bonds. The number of nitrogens with one attached hydrogen (secondary N) is 2. The highest BCUT2D eigenvalue weighted by Gasteiger charge is 2.24. The Balaban J connectivity index is 1.72. The van der Waals surface area contributed by atoms with Crippen molar-refractivity contribution in [3.05, 3.63) is 75.2 Å². The highest BCUT2D eigenvalue weighted by Crippen LogP contribution is 2.36. The molecule has 41 heavy (non-hydrogen) atoms. The van der Waals surface area contributed by atoms with Crippen LogP contribution in [-0.4, -0.2) is 23.8 Å². The lowest BCUT2D eigenvalue weighted by Crippen LogP contribution is -2.33. The van der Waals surface area contributed by atoms with Crippen LogP contribution >= 0.6 is 34.8 Å². The molecule has 3 N–H and O–H groups in total. The molecule has 1 unspecified atom stereocenters. The molecule has 6 nitrogen and oxygen atoms in total. The van der Waals surface area contributed by atoms with Gasteiger partial charge in [0, 0.05) is 6.07 Å². The molecule has 0 bridgehead atoms. The molecule has 0 aliphatic rings. The second-order valence-corrected chi connectivity index (χ2v) is 11.8. The molecule has 222 valence electrons. The van der Waals surface area contributed by atoms with Crippen molar-refractivity contribution in [3.63, 3.8) is 0 Å². The standard InChI is InChI=1S/C32H39Cl3N2O4/c1-5-7-8-9-14-30(41-29-16-15-21(17-24(29)35)32(3,4)6-2)31(39)37-25-19-27(38)26(18-23(25)34)36-20-40-28-13-11-10-12-22(28)33/h10-13,15-19,30,36,38H,5-9,14,20H2,1-4H3,(H,37,39). The summed E-state index contributed by atoms with van der Waals surface area (Å²) in [6.45, 7) is 8.64. The van der Waals surface area contributed by atoms with Crippen molar-refractivity contribution in [1.82, 2.24) is 0 Å². The van der Waals surface area contributed by atoms with Gasteiger partial charge >= 0.3 is 0 Å². The van der Waals surface area contributed by atoms with Gasteiger partial charge in [-0.3, -0.25) is 4.79 Å². The summed E-state index contributed by atoms with van der Waals surface area (Å²) in [5.74, 6) is 0.472. The molecule has 3 aromatic rings. The number of carbonyl (C=O) groups excluding carboxylic acids is 1. The first-order valence-corrected chi connectivity index (χ1v) is 15.1. The van der Waals surface area contributed by atoms with Crippen molar-refractivity contribution in [2.45, 2.75) is 77.7 Å². The molecule has 0 saturated heterocycles. The Labute approximate surface area is 258 Å². The van der Waals surface area contributed by atoms with Crippen LogP contribution in [0.25, 0.3) is 0 Å². The third-order valence-electron chi connectivity index (χ3n) is 7.15. The first-order chi connectivity index (χ1) is 19.6. The van der Waals surface area contributed by atoms with E-state index in [1.54, 1.807) is 18.2 Å². The van der Waals surface area contributed by atoms with E-state index in [-0.39, 0.29) is 34.5 Å². The summed E-state index contributed by atoms with van der Waals surface area (Å²) in [7, 11) is 0. The Morgan fingerprint density at radius 2 is 1.66 bits per heavy atom. The van der Waals surface area contributed by atoms with Gasteiger partial charge in [-0.2, -0.15) is 0 Å². The average molecular weight is 622 g/mol. The third-order valence-corrected chi connectivity index (χ3v) is 8.07. The van der Waals surface area contributed by atoms with Crippen molar-refractivity contribution >= 4 is 52.1 Å². The van der Waals surface area contributed by atoms with Gasteiger partial charge in [-0.1, -0.05) is 100.0 Å². The quantitative estimate of drug-likeness (QED) is 0.0894. The molecule has 1 atom stereocenters. The molecule has 0 spiro atoms. The predicted octanol–water partition coefficient (Wildman–Crippen LogP) is 9.84. The Morgan fingerprint density at radius 1 is 0.902 bits per heavy atom. The van der Waals surface area contributed by atoms with Crippen LogP contribution in [0.4, 0.5) is 11.4 Å².